The number of anilines is 1. The van der Waals surface area contributed by atoms with Crippen molar-refractivity contribution in [3.63, 3.8) is 0 Å². The number of nitrogens with zero attached hydrogens (tertiary/aromatic N) is 3. The number of piperidine rings is 1. The Morgan fingerprint density at radius 1 is 1.33 bits per heavy atom. The van der Waals surface area contributed by atoms with Crippen molar-refractivity contribution in [1.82, 2.24) is 15.6 Å². The molecule has 2 heterocycles. The fraction of sp³-hybridized carbons (Fsp3) is 0.667. The summed E-state index contributed by atoms with van der Waals surface area (Å²) in [5, 5.41) is 6.64. The van der Waals surface area contributed by atoms with Gasteiger partial charge in [-0.3, -0.25) is 4.99 Å². The van der Waals surface area contributed by atoms with Crippen molar-refractivity contribution >= 4 is 21.6 Å². The smallest absolute Gasteiger partial charge is 0.191 e. The van der Waals surface area contributed by atoms with E-state index < -0.39 is 9.84 Å². The highest BCUT2D eigenvalue weighted by molar-refractivity contribution is 7.90. The number of pyridine rings is 1. The molecule has 0 amide bonds. The lowest BCUT2D eigenvalue weighted by Gasteiger charge is -2.33. The van der Waals surface area contributed by atoms with Crippen molar-refractivity contribution in [2.45, 2.75) is 25.8 Å². The van der Waals surface area contributed by atoms with Crippen molar-refractivity contribution < 1.29 is 13.2 Å². The third kappa shape index (κ3) is 8.13. The molecule has 1 aromatic rings. The first-order valence-electron chi connectivity index (χ1n) is 9.27. The minimum absolute atomic E-state index is 0.0500. The van der Waals surface area contributed by atoms with Gasteiger partial charge in [-0.15, -0.1) is 0 Å². The zero-order chi connectivity index (χ0) is 19.7. The highest BCUT2D eigenvalue weighted by atomic mass is 32.2. The van der Waals surface area contributed by atoms with E-state index in [2.05, 4.69) is 37.6 Å². The number of aryl methyl sites for hydroxylation is 1. The van der Waals surface area contributed by atoms with E-state index in [0.717, 1.165) is 37.7 Å². The van der Waals surface area contributed by atoms with Gasteiger partial charge in [0.2, 0.25) is 0 Å². The van der Waals surface area contributed by atoms with Gasteiger partial charge >= 0.3 is 0 Å². The topological polar surface area (TPSA) is 95.9 Å². The maximum atomic E-state index is 11.0. The Bertz CT molecular complexity index is 698. The Morgan fingerprint density at radius 3 is 2.67 bits per heavy atom. The monoisotopic (exact) mass is 397 g/mol. The SMILES string of the molecule is CN=C(NCCOCCS(C)(=O)=O)NC1CCN(c2ccc(C)cn2)CC1. The predicted octanol–water partition coefficient (Wildman–Crippen LogP) is 0.585. The molecule has 0 radical (unpaired) electrons. The third-order valence-electron chi connectivity index (χ3n) is 4.42. The highest BCUT2D eigenvalue weighted by Gasteiger charge is 2.20. The molecule has 9 heteroatoms. The van der Waals surface area contributed by atoms with Crippen molar-refractivity contribution in [3.05, 3.63) is 23.9 Å². The molecule has 1 aliphatic heterocycles. The molecule has 0 unspecified atom stereocenters. The molecule has 1 aromatic heterocycles. The average molecular weight is 398 g/mol. The standard InChI is InChI=1S/C18H31N5O3S/c1-15-4-5-17(21-14-15)23-9-6-16(7-10-23)22-18(19-2)20-8-11-26-12-13-27(3,24)25/h4-5,14,16H,6-13H2,1-3H3,(H2,19,20,22). The molecule has 0 spiro atoms. The van der Waals surface area contributed by atoms with Gasteiger partial charge in [0, 0.05) is 45.2 Å². The second-order valence-corrected chi connectivity index (χ2v) is 9.10. The van der Waals surface area contributed by atoms with Gasteiger partial charge < -0.3 is 20.3 Å². The number of aromatic nitrogens is 1. The van der Waals surface area contributed by atoms with Crippen LogP contribution in [0.15, 0.2) is 23.3 Å². The summed E-state index contributed by atoms with van der Waals surface area (Å²) >= 11 is 0. The van der Waals surface area contributed by atoms with Gasteiger partial charge in [-0.1, -0.05) is 6.07 Å². The first-order chi connectivity index (χ1) is 12.9. The lowest BCUT2D eigenvalue weighted by atomic mass is 10.1. The van der Waals surface area contributed by atoms with Crippen LogP contribution in [0.5, 0.6) is 0 Å². The lowest BCUT2D eigenvalue weighted by Crippen LogP contribution is -2.49. The number of ether oxygens (including phenoxy) is 1. The third-order valence-corrected chi connectivity index (χ3v) is 5.32. The Labute approximate surface area is 162 Å². The van der Waals surface area contributed by atoms with Gasteiger partial charge in [0.05, 0.1) is 19.0 Å². The average Bonchev–Trinajstić information content (AvgIpc) is 2.64. The molecule has 1 fully saturated rings. The van der Waals surface area contributed by atoms with Crippen LogP contribution >= 0.6 is 0 Å². The summed E-state index contributed by atoms with van der Waals surface area (Å²) in [7, 11) is -1.23. The number of nitrogens with one attached hydrogen (secondary N) is 2. The molecule has 27 heavy (non-hydrogen) atoms. The molecule has 152 valence electrons. The van der Waals surface area contributed by atoms with Crippen molar-refractivity contribution in [2.75, 3.05) is 56.8 Å². The largest absolute Gasteiger partial charge is 0.379 e. The van der Waals surface area contributed by atoms with Gasteiger partial charge in [-0.05, 0) is 31.4 Å². The summed E-state index contributed by atoms with van der Waals surface area (Å²) in [6.07, 6.45) is 5.15. The molecule has 1 aliphatic rings. The van der Waals surface area contributed by atoms with Crippen LogP contribution in [0.3, 0.4) is 0 Å². The maximum Gasteiger partial charge on any atom is 0.191 e. The normalized spacial score (nSPS) is 16.4. The van der Waals surface area contributed by atoms with E-state index in [4.69, 9.17) is 4.74 Å². The zero-order valence-electron chi connectivity index (χ0n) is 16.4. The summed E-state index contributed by atoms with van der Waals surface area (Å²) in [6, 6.07) is 4.54. The quantitative estimate of drug-likeness (QED) is 0.376. The second-order valence-electron chi connectivity index (χ2n) is 6.84. The van der Waals surface area contributed by atoms with E-state index in [1.807, 2.05) is 13.1 Å². The Kier molecular flexibility index (Phi) is 8.30. The van der Waals surface area contributed by atoms with Crippen LogP contribution in [-0.4, -0.2) is 77.3 Å². The molecule has 2 N–H and O–H groups in total. The van der Waals surface area contributed by atoms with Crippen LogP contribution in [0.4, 0.5) is 5.82 Å². The fourth-order valence-electron chi connectivity index (χ4n) is 2.84. The van der Waals surface area contributed by atoms with Gasteiger partial charge in [0.25, 0.3) is 0 Å². The minimum Gasteiger partial charge on any atom is -0.379 e. The van der Waals surface area contributed by atoms with Gasteiger partial charge in [-0.25, -0.2) is 13.4 Å². The molecular formula is C18H31N5O3S. The maximum absolute atomic E-state index is 11.0. The summed E-state index contributed by atoms with van der Waals surface area (Å²) < 4.78 is 27.4. The van der Waals surface area contributed by atoms with Crippen LogP contribution in [0.1, 0.15) is 18.4 Å². The van der Waals surface area contributed by atoms with E-state index in [-0.39, 0.29) is 12.4 Å². The van der Waals surface area contributed by atoms with Crippen LogP contribution in [0.2, 0.25) is 0 Å². The van der Waals surface area contributed by atoms with Gasteiger partial charge in [0.15, 0.2) is 5.96 Å². The molecule has 2 rings (SSSR count). The summed E-state index contributed by atoms with van der Waals surface area (Å²) in [4.78, 5) is 11.1. The van der Waals surface area contributed by atoms with Crippen molar-refractivity contribution in [2.24, 2.45) is 4.99 Å². The van der Waals surface area contributed by atoms with Crippen LogP contribution in [0, 0.1) is 6.92 Å². The number of sulfone groups is 1. The number of aliphatic imine (C=N–C) groups is 1. The number of rotatable bonds is 8. The van der Waals surface area contributed by atoms with Gasteiger partial charge in [-0.2, -0.15) is 0 Å². The Hall–Kier alpha value is -1.87. The van der Waals surface area contributed by atoms with Crippen LogP contribution < -0.4 is 15.5 Å². The first-order valence-corrected chi connectivity index (χ1v) is 11.3. The molecule has 0 aromatic carbocycles. The number of guanidine groups is 1. The number of hydrogen-bond acceptors (Lipinski definition) is 6. The fourth-order valence-corrected chi connectivity index (χ4v) is 3.26. The molecule has 0 saturated carbocycles. The van der Waals surface area contributed by atoms with Crippen LogP contribution in [0.25, 0.3) is 0 Å². The molecular weight excluding hydrogens is 366 g/mol. The van der Waals surface area contributed by atoms with Crippen molar-refractivity contribution in [1.29, 1.82) is 0 Å². The number of hydrogen-bond donors (Lipinski definition) is 2. The lowest BCUT2D eigenvalue weighted by molar-refractivity contribution is 0.154. The summed E-state index contributed by atoms with van der Waals surface area (Å²) in [5.41, 5.74) is 1.17. The highest BCUT2D eigenvalue weighted by Crippen LogP contribution is 2.17. The van der Waals surface area contributed by atoms with Gasteiger partial charge in [0.1, 0.15) is 15.7 Å². The molecule has 0 atom stereocenters. The molecule has 8 nitrogen and oxygen atoms in total. The summed E-state index contributed by atoms with van der Waals surface area (Å²) in [6.45, 7) is 5.20. The van der Waals surface area contributed by atoms with E-state index in [9.17, 15) is 8.42 Å². The van der Waals surface area contributed by atoms with Crippen LogP contribution in [-0.2, 0) is 14.6 Å². The Balaban J connectivity index is 1.65. The zero-order valence-corrected chi connectivity index (χ0v) is 17.3. The minimum atomic E-state index is -2.97. The Morgan fingerprint density at radius 2 is 2.07 bits per heavy atom. The molecule has 0 aliphatic carbocycles. The predicted molar refractivity (Wildman–Crippen MR) is 109 cm³/mol. The van der Waals surface area contributed by atoms with Crippen molar-refractivity contribution in [3.8, 4) is 0 Å². The summed E-state index contributed by atoms with van der Waals surface area (Å²) in [5.74, 6) is 1.83. The van der Waals surface area contributed by atoms with E-state index in [1.165, 1.54) is 11.8 Å². The van der Waals surface area contributed by atoms with E-state index in [0.29, 0.717) is 19.2 Å². The second kappa shape index (κ2) is 10.5. The van der Waals surface area contributed by atoms with E-state index in [1.54, 1.807) is 7.05 Å². The first kappa shape index (κ1) is 21.4. The molecule has 0 bridgehead atoms. The van der Waals surface area contributed by atoms with E-state index >= 15 is 0 Å². The molecule has 1 saturated heterocycles.